The van der Waals surface area contributed by atoms with Crippen LogP contribution in [0.15, 0.2) is 16.5 Å². The van der Waals surface area contributed by atoms with E-state index in [1.54, 1.807) is 12.1 Å². The van der Waals surface area contributed by atoms with Crippen LogP contribution < -0.4 is 5.73 Å². The summed E-state index contributed by atoms with van der Waals surface area (Å²) < 4.78 is 5.63. The van der Waals surface area contributed by atoms with Gasteiger partial charge in [0.05, 0.1) is 10.7 Å². The van der Waals surface area contributed by atoms with Crippen LogP contribution in [0.1, 0.15) is 26.7 Å². The average molecular weight is 239 g/mol. The van der Waals surface area contributed by atoms with E-state index in [0.717, 1.165) is 17.8 Å². The minimum absolute atomic E-state index is 0.149. The molecule has 0 unspecified atom stereocenters. The third-order valence-electron chi connectivity index (χ3n) is 2.23. The highest BCUT2D eigenvalue weighted by Gasteiger charge is 2.16. The number of hydrogen-bond acceptors (Lipinski definition) is 3. The van der Waals surface area contributed by atoms with Crippen molar-refractivity contribution in [2.45, 2.75) is 27.2 Å². The number of nitrogens with two attached hydrogens (primary N) is 1. The van der Waals surface area contributed by atoms with Crippen molar-refractivity contribution in [2.24, 2.45) is 5.41 Å². The maximum Gasteiger partial charge on any atom is 0.196 e. The summed E-state index contributed by atoms with van der Waals surface area (Å²) in [6, 6.07) is 3.46. The summed E-state index contributed by atoms with van der Waals surface area (Å²) in [5.74, 6) is 0.726. The molecular weight excluding hydrogens is 224 g/mol. The Labute approximate surface area is 99.6 Å². The number of nitrogens with zero attached hydrogens (tertiary/aromatic N) is 1. The van der Waals surface area contributed by atoms with Crippen LogP contribution in [-0.2, 0) is 6.42 Å². The van der Waals surface area contributed by atoms with Crippen molar-refractivity contribution in [3.05, 3.63) is 23.0 Å². The second-order valence-electron chi connectivity index (χ2n) is 5.19. The molecule has 2 aromatic rings. The Morgan fingerprint density at radius 2 is 2.06 bits per heavy atom. The number of aromatic nitrogens is 1. The smallest absolute Gasteiger partial charge is 0.196 e. The first-order valence-corrected chi connectivity index (χ1v) is 5.57. The molecule has 4 heteroatoms. The molecule has 0 saturated heterocycles. The van der Waals surface area contributed by atoms with Crippen molar-refractivity contribution in [2.75, 3.05) is 5.73 Å². The van der Waals surface area contributed by atoms with E-state index < -0.39 is 0 Å². The zero-order chi connectivity index (χ0) is 11.9. The SMILES string of the molecule is CC(C)(C)Cc1nc2cc(Cl)c(N)cc2o1. The third-order valence-corrected chi connectivity index (χ3v) is 2.56. The molecule has 0 saturated carbocycles. The van der Waals surface area contributed by atoms with Gasteiger partial charge in [-0.1, -0.05) is 32.4 Å². The number of hydrogen-bond donors (Lipinski definition) is 1. The first kappa shape index (κ1) is 11.3. The topological polar surface area (TPSA) is 52.0 Å². The Morgan fingerprint density at radius 1 is 1.38 bits per heavy atom. The summed E-state index contributed by atoms with van der Waals surface area (Å²) in [5.41, 5.74) is 7.83. The average Bonchev–Trinajstić information content (AvgIpc) is 2.44. The molecule has 1 aromatic heterocycles. The molecule has 0 atom stereocenters. The summed E-state index contributed by atoms with van der Waals surface area (Å²) in [4.78, 5) is 4.39. The lowest BCUT2D eigenvalue weighted by molar-refractivity contribution is 0.362. The van der Waals surface area contributed by atoms with Gasteiger partial charge < -0.3 is 10.2 Å². The fourth-order valence-corrected chi connectivity index (χ4v) is 1.70. The molecular formula is C12H15ClN2O. The molecule has 2 N–H and O–H groups in total. The molecule has 86 valence electrons. The van der Waals surface area contributed by atoms with Gasteiger partial charge in [-0.3, -0.25) is 0 Å². The van der Waals surface area contributed by atoms with Crippen LogP contribution in [0.4, 0.5) is 5.69 Å². The molecule has 1 heterocycles. The Bertz CT molecular complexity index is 487. The Kier molecular flexibility index (Phi) is 2.58. The standard InChI is InChI=1S/C12H15ClN2O/c1-12(2,3)6-11-15-9-4-7(13)8(14)5-10(9)16-11/h4-5H,6,14H2,1-3H3. The molecule has 0 bridgehead atoms. The van der Waals surface area contributed by atoms with Crippen LogP contribution in [0.2, 0.25) is 5.02 Å². The van der Waals surface area contributed by atoms with Gasteiger partial charge in [-0.05, 0) is 11.5 Å². The highest BCUT2D eigenvalue weighted by molar-refractivity contribution is 6.33. The van der Waals surface area contributed by atoms with Gasteiger partial charge in [-0.2, -0.15) is 0 Å². The van der Waals surface area contributed by atoms with Crippen molar-refractivity contribution in [3.8, 4) is 0 Å². The first-order chi connectivity index (χ1) is 7.35. The fourth-order valence-electron chi connectivity index (χ4n) is 1.54. The molecule has 0 aliphatic carbocycles. The van der Waals surface area contributed by atoms with Gasteiger partial charge in [0.2, 0.25) is 0 Å². The van der Waals surface area contributed by atoms with E-state index in [2.05, 4.69) is 25.8 Å². The minimum Gasteiger partial charge on any atom is -0.441 e. The molecule has 0 spiro atoms. The van der Waals surface area contributed by atoms with Gasteiger partial charge in [0, 0.05) is 12.5 Å². The second-order valence-corrected chi connectivity index (χ2v) is 5.59. The summed E-state index contributed by atoms with van der Waals surface area (Å²) in [7, 11) is 0. The summed E-state index contributed by atoms with van der Waals surface area (Å²) >= 11 is 5.92. The third kappa shape index (κ3) is 2.30. The quantitative estimate of drug-likeness (QED) is 0.772. The summed E-state index contributed by atoms with van der Waals surface area (Å²) in [5, 5.41) is 0.517. The van der Waals surface area contributed by atoms with Crippen LogP contribution in [-0.4, -0.2) is 4.98 Å². The lowest BCUT2D eigenvalue weighted by Crippen LogP contribution is -2.09. The first-order valence-electron chi connectivity index (χ1n) is 5.19. The maximum absolute atomic E-state index is 5.92. The van der Waals surface area contributed by atoms with E-state index in [1.165, 1.54) is 0 Å². The lowest BCUT2D eigenvalue weighted by atomic mass is 9.92. The second kappa shape index (κ2) is 3.67. The van der Waals surface area contributed by atoms with E-state index in [-0.39, 0.29) is 5.41 Å². The molecule has 16 heavy (non-hydrogen) atoms. The van der Waals surface area contributed by atoms with Crippen LogP contribution >= 0.6 is 11.6 Å². The molecule has 0 aliphatic heterocycles. The zero-order valence-corrected chi connectivity index (χ0v) is 10.4. The van der Waals surface area contributed by atoms with Crippen molar-refractivity contribution in [3.63, 3.8) is 0 Å². The molecule has 0 aliphatic rings. The van der Waals surface area contributed by atoms with E-state index in [9.17, 15) is 0 Å². The Hall–Kier alpha value is -1.22. The normalized spacial score (nSPS) is 12.2. The predicted molar refractivity (Wildman–Crippen MR) is 66.6 cm³/mol. The van der Waals surface area contributed by atoms with Gasteiger partial charge in [0.25, 0.3) is 0 Å². The monoisotopic (exact) mass is 238 g/mol. The summed E-state index contributed by atoms with van der Waals surface area (Å²) in [6.07, 6.45) is 0.791. The Balaban J connectivity index is 2.44. The van der Waals surface area contributed by atoms with Crippen molar-refractivity contribution < 1.29 is 4.42 Å². The van der Waals surface area contributed by atoms with Crippen molar-refractivity contribution >= 4 is 28.4 Å². The van der Waals surface area contributed by atoms with E-state index >= 15 is 0 Å². The molecule has 2 rings (SSSR count). The van der Waals surface area contributed by atoms with Crippen molar-refractivity contribution in [1.82, 2.24) is 4.98 Å². The molecule has 1 aromatic carbocycles. The van der Waals surface area contributed by atoms with E-state index in [0.29, 0.717) is 16.3 Å². The van der Waals surface area contributed by atoms with Crippen LogP contribution in [0.3, 0.4) is 0 Å². The highest BCUT2D eigenvalue weighted by atomic mass is 35.5. The van der Waals surface area contributed by atoms with Gasteiger partial charge >= 0.3 is 0 Å². The number of nitrogen functional groups attached to an aromatic ring is 1. The fraction of sp³-hybridized carbons (Fsp3) is 0.417. The molecule has 3 nitrogen and oxygen atoms in total. The number of anilines is 1. The van der Waals surface area contributed by atoms with E-state index in [1.807, 2.05) is 0 Å². The highest BCUT2D eigenvalue weighted by Crippen LogP contribution is 2.28. The number of rotatable bonds is 1. The molecule has 0 fully saturated rings. The largest absolute Gasteiger partial charge is 0.441 e. The lowest BCUT2D eigenvalue weighted by Gasteiger charge is -2.14. The van der Waals surface area contributed by atoms with Crippen LogP contribution in [0.5, 0.6) is 0 Å². The number of fused-ring (bicyclic) bond motifs is 1. The summed E-state index contributed by atoms with van der Waals surface area (Å²) in [6.45, 7) is 6.43. The van der Waals surface area contributed by atoms with Crippen molar-refractivity contribution in [1.29, 1.82) is 0 Å². The minimum atomic E-state index is 0.149. The van der Waals surface area contributed by atoms with Crippen LogP contribution in [0.25, 0.3) is 11.1 Å². The van der Waals surface area contributed by atoms with Gasteiger partial charge in [-0.15, -0.1) is 0 Å². The maximum atomic E-state index is 5.92. The number of halogens is 1. The Morgan fingerprint density at radius 3 is 2.69 bits per heavy atom. The van der Waals surface area contributed by atoms with Crippen LogP contribution in [0, 0.1) is 5.41 Å². The zero-order valence-electron chi connectivity index (χ0n) is 9.67. The molecule has 0 radical (unpaired) electrons. The number of oxazole rings is 1. The van der Waals surface area contributed by atoms with E-state index in [4.69, 9.17) is 21.8 Å². The van der Waals surface area contributed by atoms with Gasteiger partial charge in [-0.25, -0.2) is 4.98 Å². The van der Waals surface area contributed by atoms with Gasteiger partial charge in [0.1, 0.15) is 5.52 Å². The number of benzene rings is 1. The molecule has 0 amide bonds. The predicted octanol–water partition coefficient (Wildman–Crippen LogP) is 3.65. The van der Waals surface area contributed by atoms with Gasteiger partial charge in [0.15, 0.2) is 11.5 Å².